The first-order valence-corrected chi connectivity index (χ1v) is 3.64. The molecule has 8 heteroatoms. The van der Waals surface area contributed by atoms with Crippen molar-refractivity contribution in [2.45, 2.75) is 0 Å². The molecule has 1 rings (SSSR count). The summed E-state index contributed by atoms with van der Waals surface area (Å²) in [6.45, 7) is 0. The molecule has 0 aromatic heterocycles. The van der Waals surface area contributed by atoms with E-state index in [4.69, 9.17) is 20.1 Å². The predicted octanol–water partition coefficient (Wildman–Crippen LogP) is -2.68. The molecule has 0 atom stereocenters. The number of rotatable bonds is 2. The Morgan fingerprint density at radius 3 is 1.43 bits per heavy atom. The van der Waals surface area contributed by atoms with Gasteiger partial charge in [0.05, 0.1) is 0 Å². The Hall–Kier alpha value is -0.950. The summed E-state index contributed by atoms with van der Waals surface area (Å²) in [4.78, 5) is 0. The van der Waals surface area contributed by atoms with Crippen molar-refractivity contribution in [3.63, 3.8) is 0 Å². The van der Waals surface area contributed by atoms with Crippen LogP contribution in [0.2, 0.25) is 0 Å². The minimum Gasteiger partial charge on any atom is -0.423 e. The highest BCUT2D eigenvalue weighted by atomic mass is 19.1. The lowest BCUT2D eigenvalue weighted by Gasteiger charge is -2.06. The standard InChI is InChI=1S/C6H6B2F2O4/c9-5-2-6(10)4(8(13)14)1-3(5)7(11)12/h1-2,11-14H. The minimum absolute atomic E-state index is 0.351. The van der Waals surface area contributed by atoms with Crippen molar-refractivity contribution < 1.29 is 28.9 Å². The number of hydrogen-bond donors (Lipinski definition) is 4. The Bertz CT molecular complexity index is 316. The zero-order valence-corrected chi connectivity index (χ0v) is 6.85. The van der Waals surface area contributed by atoms with Crippen LogP contribution in [0.15, 0.2) is 12.1 Å². The summed E-state index contributed by atoms with van der Waals surface area (Å²) < 4.78 is 25.6. The molecule has 0 aliphatic heterocycles. The van der Waals surface area contributed by atoms with E-state index in [0.29, 0.717) is 12.1 Å². The SMILES string of the molecule is OB(O)c1cc(B(O)O)c(F)cc1F. The van der Waals surface area contributed by atoms with Gasteiger partial charge in [-0.25, -0.2) is 8.78 Å². The zero-order chi connectivity index (χ0) is 10.9. The van der Waals surface area contributed by atoms with Gasteiger partial charge >= 0.3 is 14.2 Å². The third-order valence-electron chi connectivity index (χ3n) is 1.67. The summed E-state index contributed by atoms with van der Waals surface area (Å²) in [5, 5.41) is 34.5. The molecule has 0 heterocycles. The van der Waals surface area contributed by atoms with E-state index in [0.717, 1.165) is 0 Å². The van der Waals surface area contributed by atoms with Gasteiger partial charge in [0.2, 0.25) is 0 Å². The fourth-order valence-corrected chi connectivity index (χ4v) is 0.979. The van der Waals surface area contributed by atoms with Gasteiger partial charge in [-0.3, -0.25) is 0 Å². The lowest BCUT2D eigenvalue weighted by Crippen LogP contribution is -2.41. The number of hydrogen-bond acceptors (Lipinski definition) is 4. The molecule has 0 amide bonds. The number of benzene rings is 1. The fourth-order valence-electron chi connectivity index (χ4n) is 0.979. The summed E-state index contributed by atoms with van der Waals surface area (Å²) in [5.74, 6) is -2.33. The highest BCUT2D eigenvalue weighted by molar-refractivity contribution is 6.62. The molecule has 0 aliphatic carbocycles. The van der Waals surface area contributed by atoms with Gasteiger partial charge in [0, 0.05) is 17.0 Å². The summed E-state index contributed by atoms with van der Waals surface area (Å²) in [5.41, 5.74) is -1.23. The smallest absolute Gasteiger partial charge is 0.423 e. The Kier molecular flexibility index (Phi) is 3.22. The normalized spacial score (nSPS) is 10.1. The molecule has 0 fully saturated rings. The van der Waals surface area contributed by atoms with Gasteiger partial charge in [-0.2, -0.15) is 0 Å². The fraction of sp³-hybridized carbons (Fsp3) is 0. The van der Waals surface area contributed by atoms with Gasteiger partial charge in [-0.15, -0.1) is 0 Å². The van der Waals surface area contributed by atoms with Crippen LogP contribution in [0.25, 0.3) is 0 Å². The van der Waals surface area contributed by atoms with E-state index >= 15 is 0 Å². The van der Waals surface area contributed by atoms with E-state index in [-0.39, 0.29) is 0 Å². The lowest BCUT2D eigenvalue weighted by atomic mass is 9.72. The Morgan fingerprint density at radius 2 is 1.14 bits per heavy atom. The minimum atomic E-state index is -2.13. The highest BCUT2D eigenvalue weighted by Crippen LogP contribution is 1.98. The highest BCUT2D eigenvalue weighted by Gasteiger charge is 2.24. The van der Waals surface area contributed by atoms with Crippen molar-refractivity contribution in [3.05, 3.63) is 23.8 Å². The second-order valence-corrected chi connectivity index (χ2v) is 2.64. The molecule has 14 heavy (non-hydrogen) atoms. The van der Waals surface area contributed by atoms with Crippen LogP contribution in [0.1, 0.15) is 0 Å². The first kappa shape index (κ1) is 11.1. The second kappa shape index (κ2) is 4.05. The van der Waals surface area contributed by atoms with E-state index in [1.165, 1.54) is 0 Å². The average molecular weight is 202 g/mol. The first-order chi connectivity index (χ1) is 6.43. The van der Waals surface area contributed by atoms with Crippen LogP contribution in [0.3, 0.4) is 0 Å². The van der Waals surface area contributed by atoms with Gasteiger partial charge in [0.15, 0.2) is 0 Å². The molecule has 74 valence electrons. The lowest BCUT2D eigenvalue weighted by molar-refractivity contribution is 0.421. The van der Waals surface area contributed by atoms with Crippen molar-refractivity contribution in [3.8, 4) is 0 Å². The van der Waals surface area contributed by atoms with Crippen molar-refractivity contribution >= 4 is 25.2 Å². The monoisotopic (exact) mass is 202 g/mol. The number of halogens is 2. The van der Waals surface area contributed by atoms with E-state index in [1.54, 1.807) is 0 Å². The third-order valence-corrected chi connectivity index (χ3v) is 1.67. The first-order valence-electron chi connectivity index (χ1n) is 3.64. The summed E-state index contributed by atoms with van der Waals surface area (Å²) in [6, 6.07) is 0.990. The molecule has 0 aliphatic rings. The van der Waals surface area contributed by atoms with Crippen molar-refractivity contribution in [1.29, 1.82) is 0 Å². The van der Waals surface area contributed by atoms with Crippen LogP contribution in [0.5, 0.6) is 0 Å². The molecule has 0 radical (unpaired) electrons. The maximum Gasteiger partial charge on any atom is 0.491 e. The van der Waals surface area contributed by atoms with Crippen LogP contribution >= 0.6 is 0 Å². The average Bonchev–Trinajstić information content (AvgIpc) is 2.02. The summed E-state index contributed by atoms with van der Waals surface area (Å²) in [6.07, 6.45) is 0. The van der Waals surface area contributed by atoms with Crippen LogP contribution in [-0.4, -0.2) is 34.3 Å². The maximum absolute atomic E-state index is 12.8. The van der Waals surface area contributed by atoms with Crippen molar-refractivity contribution in [1.82, 2.24) is 0 Å². The van der Waals surface area contributed by atoms with Crippen LogP contribution in [0.4, 0.5) is 8.78 Å². The topological polar surface area (TPSA) is 80.9 Å². The molecule has 0 unspecified atom stereocenters. The van der Waals surface area contributed by atoms with Gasteiger partial charge in [0.25, 0.3) is 0 Å². The van der Waals surface area contributed by atoms with Gasteiger partial charge in [-0.1, -0.05) is 6.07 Å². The summed E-state index contributed by atoms with van der Waals surface area (Å²) >= 11 is 0. The van der Waals surface area contributed by atoms with E-state index in [1.807, 2.05) is 0 Å². The molecule has 0 spiro atoms. The van der Waals surface area contributed by atoms with E-state index in [9.17, 15) is 8.78 Å². The molecular weight excluding hydrogens is 196 g/mol. The molecule has 4 nitrogen and oxygen atoms in total. The maximum atomic E-state index is 12.8. The van der Waals surface area contributed by atoms with Gasteiger partial charge in [-0.05, 0) is 0 Å². The van der Waals surface area contributed by atoms with Crippen molar-refractivity contribution in [2.75, 3.05) is 0 Å². The summed E-state index contributed by atoms with van der Waals surface area (Å²) in [7, 11) is -4.26. The largest absolute Gasteiger partial charge is 0.491 e. The molecule has 1 aromatic rings. The molecular formula is C6H6B2F2O4. The molecule has 0 saturated heterocycles. The molecule has 0 bridgehead atoms. The Labute approximate surface area is 78.7 Å². The van der Waals surface area contributed by atoms with Crippen LogP contribution in [0, 0.1) is 11.6 Å². The van der Waals surface area contributed by atoms with Gasteiger partial charge in [0.1, 0.15) is 11.6 Å². The molecule has 0 saturated carbocycles. The zero-order valence-electron chi connectivity index (χ0n) is 6.85. The van der Waals surface area contributed by atoms with E-state index < -0.39 is 36.8 Å². The quantitative estimate of drug-likeness (QED) is 0.394. The predicted molar refractivity (Wildman–Crippen MR) is 46.0 cm³/mol. The van der Waals surface area contributed by atoms with Gasteiger partial charge < -0.3 is 20.1 Å². The Morgan fingerprint density at radius 1 is 0.786 bits per heavy atom. The van der Waals surface area contributed by atoms with E-state index in [2.05, 4.69) is 0 Å². The molecule has 4 N–H and O–H groups in total. The van der Waals surface area contributed by atoms with Crippen molar-refractivity contribution in [2.24, 2.45) is 0 Å². The third kappa shape index (κ3) is 2.10. The second-order valence-electron chi connectivity index (χ2n) is 2.64. The van der Waals surface area contributed by atoms with Crippen LogP contribution in [-0.2, 0) is 0 Å². The Balaban J connectivity index is 3.27. The molecule has 1 aromatic carbocycles. The van der Waals surface area contributed by atoms with Crippen LogP contribution < -0.4 is 10.9 Å².